The van der Waals surface area contributed by atoms with Gasteiger partial charge >= 0.3 is 6.03 Å². The number of piperidine rings is 1. The standard InChI is InChI=1S/C12H22N2O/c1-3-13(2)12(15)14-9-5-7-10-6-4-8-11(10)14/h10-11H,3-9H2,1-2H3. The van der Waals surface area contributed by atoms with E-state index in [1.807, 2.05) is 18.9 Å². The summed E-state index contributed by atoms with van der Waals surface area (Å²) in [6.07, 6.45) is 6.42. The van der Waals surface area contributed by atoms with Gasteiger partial charge in [-0.05, 0) is 38.5 Å². The van der Waals surface area contributed by atoms with Crippen molar-refractivity contribution in [3.05, 3.63) is 0 Å². The van der Waals surface area contributed by atoms with E-state index in [-0.39, 0.29) is 6.03 Å². The Bertz CT molecular complexity index is 242. The molecule has 0 spiro atoms. The number of fused-ring (bicyclic) bond motifs is 1. The minimum Gasteiger partial charge on any atom is -0.328 e. The fourth-order valence-electron chi connectivity index (χ4n) is 3.05. The van der Waals surface area contributed by atoms with Crippen LogP contribution in [0.2, 0.25) is 0 Å². The smallest absolute Gasteiger partial charge is 0.319 e. The molecule has 3 nitrogen and oxygen atoms in total. The van der Waals surface area contributed by atoms with E-state index in [2.05, 4.69) is 4.90 Å². The molecule has 0 N–H and O–H groups in total. The zero-order valence-electron chi connectivity index (χ0n) is 9.91. The van der Waals surface area contributed by atoms with Crippen molar-refractivity contribution in [1.82, 2.24) is 9.80 Å². The molecule has 1 heterocycles. The van der Waals surface area contributed by atoms with E-state index in [0.29, 0.717) is 6.04 Å². The molecule has 3 heteroatoms. The molecular weight excluding hydrogens is 188 g/mol. The first-order chi connectivity index (χ1) is 7.24. The summed E-state index contributed by atoms with van der Waals surface area (Å²) >= 11 is 0. The molecule has 0 aromatic rings. The van der Waals surface area contributed by atoms with Crippen molar-refractivity contribution in [1.29, 1.82) is 0 Å². The quantitative estimate of drug-likeness (QED) is 0.651. The van der Waals surface area contributed by atoms with Gasteiger partial charge in [-0.25, -0.2) is 4.79 Å². The third-order valence-corrected chi connectivity index (χ3v) is 4.04. The normalized spacial score (nSPS) is 30.1. The Kier molecular flexibility index (Phi) is 3.17. The second kappa shape index (κ2) is 4.42. The molecule has 0 radical (unpaired) electrons. The average molecular weight is 210 g/mol. The number of hydrogen-bond donors (Lipinski definition) is 0. The second-order valence-corrected chi connectivity index (χ2v) is 4.89. The third-order valence-electron chi connectivity index (χ3n) is 4.04. The van der Waals surface area contributed by atoms with Crippen LogP contribution in [0.3, 0.4) is 0 Å². The summed E-state index contributed by atoms with van der Waals surface area (Å²) < 4.78 is 0. The zero-order valence-corrected chi connectivity index (χ0v) is 9.91. The van der Waals surface area contributed by atoms with E-state index >= 15 is 0 Å². The highest BCUT2D eigenvalue weighted by atomic mass is 16.2. The number of amides is 2. The van der Waals surface area contributed by atoms with Crippen LogP contribution < -0.4 is 0 Å². The van der Waals surface area contributed by atoms with Gasteiger partial charge < -0.3 is 9.80 Å². The molecule has 1 saturated carbocycles. The van der Waals surface area contributed by atoms with Crippen LogP contribution in [0.15, 0.2) is 0 Å². The van der Waals surface area contributed by atoms with Crippen LogP contribution >= 0.6 is 0 Å². The van der Waals surface area contributed by atoms with Crippen molar-refractivity contribution in [3.63, 3.8) is 0 Å². The molecule has 0 aromatic carbocycles. The first-order valence-electron chi connectivity index (χ1n) is 6.25. The lowest BCUT2D eigenvalue weighted by atomic mass is 9.92. The van der Waals surface area contributed by atoms with Gasteiger partial charge in [0.05, 0.1) is 0 Å². The summed E-state index contributed by atoms with van der Waals surface area (Å²) in [5.41, 5.74) is 0. The van der Waals surface area contributed by atoms with Crippen molar-refractivity contribution in [3.8, 4) is 0 Å². The Morgan fingerprint density at radius 2 is 2.07 bits per heavy atom. The van der Waals surface area contributed by atoms with E-state index in [0.717, 1.165) is 19.0 Å². The Morgan fingerprint density at radius 1 is 1.33 bits per heavy atom. The number of likely N-dealkylation sites (tertiary alicyclic amines) is 1. The topological polar surface area (TPSA) is 23.6 Å². The Morgan fingerprint density at radius 3 is 2.80 bits per heavy atom. The van der Waals surface area contributed by atoms with Gasteiger partial charge in [0.1, 0.15) is 0 Å². The van der Waals surface area contributed by atoms with Crippen LogP contribution in [-0.2, 0) is 0 Å². The predicted octanol–water partition coefficient (Wildman–Crippen LogP) is 2.32. The van der Waals surface area contributed by atoms with Gasteiger partial charge in [0.2, 0.25) is 0 Å². The lowest BCUT2D eigenvalue weighted by Gasteiger charge is -2.39. The number of rotatable bonds is 1. The van der Waals surface area contributed by atoms with Crippen LogP contribution in [0.25, 0.3) is 0 Å². The molecule has 15 heavy (non-hydrogen) atoms. The largest absolute Gasteiger partial charge is 0.328 e. The zero-order chi connectivity index (χ0) is 10.8. The summed E-state index contributed by atoms with van der Waals surface area (Å²) in [6, 6.07) is 0.800. The van der Waals surface area contributed by atoms with Crippen molar-refractivity contribution < 1.29 is 4.79 Å². The monoisotopic (exact) mass is 210 g/mol. The molecule has 2 rings (SSSR count). The lowest BCUT2D eigenvalue weighted by Crippen LogP contribution is -2.50. The van der Waals surface area contributed by atoms with Gasteiger partial charge in [-0.2, -0.15) is 0 Å². The van der Waals surface area contributed by atoms with E-state index in [9.17, 15) is 4.79 Å². The SMILES string of the molecule is CCN(C)C(=O)N1CCCC2CCCC21. The number of hydrogen-bond acceptors (Lipinski definition) is 1. The minimum atomic E-state index is 0.245. The Balaban J connectivity index is 2.04. The van der Waals surface area contributed by atoms with Gasteiger partial charge in [0.25, 0.3) is 0 Å². The fourth-order valence-corrected chi connectivity index (χ4v) is 3.05. The predicted molar refractivity (Wildman–Crippen MR) is 60.8 cm³/mol. The van der Waals surface area contributed by atoms with Crippen molar-refractivity contribution in [2.24, 2.45) is 5.92 Å². The van der Waals surface area contributed by atoms with Gasteiger partial charge in [-0.1, -0.05) is 6.42 Å². The summed E-state index contributed by atoms with van der Waals surface area (Å²) in [7, 11) is 1.90. The van der Waals surface area contributed by atoms with E-state index < -0.39 is 0 Å². The number of nitrogens with zero attached hydrogens (tertiary/aromatic N) is 2. The van der Waals surface area contributed by atoms with Crippen molar-refractivity contribution >= 4 is 6.03 Å². The molecule has 2 atom stereocenters. The second-order valence-electron chi connectivity index (χ2n) is 4.89. The highest BCUT2D eigenvalue weighted by Gasteiger charge is 2.37. The minimum absolute atomic E-state index is 0.245. The van der Waals surface area contributed by atoms with Gasteiger partial charge in [-0.15, -0.1) is 0 Å². The molecule has 1 saturated heterocycles. The Labute approximate surface area is 92.4 Å². The van der Waals surface area contributed by atoms with Crippen LogP contribution in [0.5, 0.6) is 0 Å². The van der Waals surface area contributed by atoms with Crippen LogP contribution in [0.1, 0.15) is 39.0 Å². The van der Waals surface area contributed by atoms with Crippen LogP contribution in [0, 0.1) is 5.92 Å². The molecule has 0 bridgehead atoms. The molecule has 1 aliphatic heterocycles. The molecule has 2 fully saturated rings. The van der Waals surface area contributed by atoms with Gasteiger partial charge in [0, 0.05) is 26.2 Å². The fraction of sp³-hybridized carbons (Fsp3) is 0.917. The Hall–Kier alpha value is -0.730. The first kappa shape index (κ1) is 10.8. The van der Waals surface area contributed by atoms with E-state index in [1.54, 1.807) is 0 Å². The highest BCUT2D eigenvalue weighted by molar-refractivity contribution is 5.74. The molecule has 2 amide bonds. The lowest BCUT2D eigenvalue weighted by molar-refractivity contribution is 0.106. The molecule has 0 aromatic heterocycles. The number of carbonyl (C=O) groups excluding carboxylic acids is 1. The third kappa shape index (κ3) is 1.97. The summed E-state index contributed by atoms with van der Waals surface area (Å²) in [4.78, 5) is 16.1. The van der Waals surface area contributed by atoms with Crippen LogP contribution in [0.4, 0.5) is 4.79 Å². The number of carbonyl (C=O) groups is 1. The number of urea groups is 1. The maximum atomic E-state index is 12.1. The molecule has 1 aliphatic carbocycles. The average Bonchev–Trinajstić information content (AvgIpc) is 2.74. The first-order valence-corrected chi connectivity index (χ1v) is 6.25. The van der Waals surface area contributed by atoms with Crippen LogP contribution in [-0.4, -0.2) is 42.0 Å². The van der Waals surface area contributed by atoms with Gasteiger partial charge in [-0.3, -0.25) is 0 Å². The highest BCUT2D eigenvalue weighted by Crippen LogP contribution is 2.36. The van der Waals surface area contributed by atoms with Gasteiger partial charge in [0.15, 0.2) is 0 Å². The summed E-state index contributed by atoms with van der Waals surface area (Å²) in [5, 5.41) is 0. The van der Waals surface area contributed by atoms with E-state index in [4.69, 9.17) is 0 Å². The maximum absolute atomic E-state index is 12.1. The molecule has 2 unspecified atom stereocenters. The van der Waals surface area contributed by atoms with Crippen molar-refractivity contribution in [2.45, 2.75) is 45.1 Å². The molecule has 86 valence electrons. The molecular formula is C12H22N2O. The van der Waals surface area contributed by atoms with E-state index in [1.165, 1.54) is 32.1 Å². The van der Waals surface area contributed by atoms with Crippen molar-refractivity contribution in [2.75, 3.05) is 20.1 Å². The molecule has 2 aliphatic rings. The summed E-state index contributed by atoms with van der Waals surface area (Å²) in [6.45, 7) is 3.82. The summed E-state index contributed by atoms with van der Waals surface area (Å²) in [5.74, 6) is 0.799. The maximum Gasteiger partial charge on any atom is 0.319 e.